The molecule has 0 aromatic heterocycles. The number of methoxy groups -OCH3 is 1. The van der Waals surface area contributed by atoms with Crippen molar-refractivity contribution in [3.63, 3.8) is 0 Å². The number of amides is 2. The van der Waals surface area contributed by atoms with Crippen LogP contribution in [0.1, 0.15) is 36.0 Å². The van der Waals surface area contributed by atoms with Crippen LogP contribution in [0.25, 0.3) is 0 Å². The van der Waals surface area contributed by atoms with Crippen LogP contribution >= 0.6 is 11.6 Å². The van der Waals surface area contributed by atoms with Gasteiger partial charge in [-0.15, -0.1) is 0 Å². The third kappa shape index (κ3) is 3.81. The van der Waals surface area contributed by atoms with Gasteiger partial charge in [-0.25, -0.2) is 0 Å². The molecule has 2 saturated heterocycles. The largest absolute Gasteiger partial charge is 0.496 e. The van der Waals surface area contributed by atoms with Crippen molar-refractivity contribution in [2.24, 2.45) is 0 Å². The molecule has 1 aromatic rings. The number of carbonyl (C=O) groups is 2. The Labute approximate surface area is 159 Å². The molecule has 1 atom stereocenters. The van der Waals surface area contributed by atoms with Gasteiger partial charge in [0, 0.05) is 30.7 Å². The van der Waals surface area contributed by atoms with Crippen LogP contribution in [-0.4, -0.2) is 67.5 Å². The predicted molar refractivity (Wildman–Crippen MR) is 101 cm³/mol. The first-order valence-corrected chi connectivity index (χ1v) is 9.53. The predicted octanol–water partition coefficient (Wildman–Crippen LogP) is 2.16. The van der Waals surface area contributed by atoms with Gasteiger partial charge in [-0.05, 0) is 50.9 Å². The van der Waals surface area contributed by atoms with Gasteiger partial charge < -0.3 is 19.9 Å². The minimum Gasteiger partial charge on any atom is -0.496 e. The lowest BCUT2D eigenvalue weighted by atomic mass is 10.0. The van der Waals surface area contributed by atoms with Gasteiger partial charge in [0.2, 0.25) is 5.91 Å². The second kappa shape index (κ2) is 8.27. The summed E-state index contributed by atoms with van der Waals surface area (Å²) in [6.07, 6.45) is 3.44. The Morgan fingerprint density at radius 3 is 2.58 bits per heavy atom. The van der Waals surface area contributed by atoms with E-state index in [0.717, 1.165) is 32.4 Å². The minimum atomic E-state index is -0.391. The van der Waals surface area contributed by atoms with Gasteiger partial charge in [-0.3, -0.25) is 9.59 Å². The summed E-state index contributed by atoms with van der Waals surface area (Å²) in [4.78, 5) is 29.7. The summed E-state index contributed by atoms with van der Waals surface area (Å²) in [7, 11) is 3.48. The van der Waals surface area contributed by atoms with Crippen LogP contribution in [0.2, 0.25) is 5.02 Å². The molecule has 0 aliphatic carbocycles. The molecule has 0 radical (unpaired) electrons. The molecular formula is C19H26ClN3O3. The minimum absolute atomic E-state index is 0.0615. The first-order chi connectivity index (χ1) is 12.5. The summed E-state index contributed by atoms with van der Waals surface area (Å²) in [5.41, 5.74) is 0.411. The van der Waals surface area contributed by atoms with Gasteiger partial charge in [-0.1, -0.05) is 11.6 Å². The highest BCUT2D eigenvalue weighted by Gasteiger charge is 2.38. The monoisotopic (exact) mass is 379 g/mol. The van der Waals surface area contributed by atoms with E-state index in [9.17, 15) is 9.59 Å². The van der Waals surface area contributed by atoms with Crippen LogP contribution in [0.3, 0.4) is 0 Å². The zero-order chi connectivity index (χ0) is 18.7. The molecule has 3 rings (SSSR count). The molecule has 7 heteroatoms. The molecule has 0 bridgehead atoms. The maximum absolute atomic E-state index is 13.1. The number of rotatable bonds is 4. The Balaban J connectivity index is 1.75. The fourth-order valence-corrected chi connectivity index (χ4v) is 4.04. The zero-order valence-electron chi connectivity index (χ0n) is 15.3. The van der Waals surface area contributed by atoms with Crippen LogP contribution in [0.4, 0.5) is 0 Å². The molecular weight excluding hydrogens is 354 g/mol. The fraction of sp³-hybridized carbons (Fsp3) is 0.579. The van der Waals surface area contributed by atoms with E-state index in [-0.39, 0.29) is 11.8 Å². The lowest BCUT2D eigenvalue weighted by Crippen LogP contribution is -2.51. The van der Waals surface area contributed by atoms with Crippen molar-refractivity contribution < 1.29 is 14.3 Å². The summed E-state index contributed by atoms with van der Waals surface area (Å²) < 4.78 is 5.31. The Morgan fingerprint density at radius 1 is 1.19 bits per heavy atom. The van der Waals surface area contributed by atoms with E-state index in [4.69, 9.17) is 16.3 Å². The molecule has 2 heterocycles. The van der Waals surface area contributed by atoms with Crippen LogP contribution in [0.5, 0.6) is 5.75 Å². The van der Waals surface area contributed by atoms with Crippen molar-refractivity contribution >= 4 is 23.4 Å². The first kappa shape index (κ1) is 19.0. The lowest BCUT2D eigenvalue weighted by molar-refractivity contribution is -0.136. The van der Waals surface area contributed by atoms with E-state index in [2.05, 4.69) is 5.32 Å². The van der Waals surface area contributed by atoms with Gasteiger partial charge in [0.05, 0.1) is 12.7 Å². The second-order valence-corrected chi connectivity index (χ2v) is 7.33. The molecule has 2 amide bonds. The normalized spacial score (nSPS) is 21.1. The highest BCUT2D eigenvalue weighted by atomic mass is 35.5. The summed E-state index contributed by atoms with van der Waals surface area (Å²) >= 11 is 6.07. The molecule has 0 saturated carbocycles. The summed E-state index contributed by atoms with van der Waals surface area (Å²) in [5, 5.41) is 3.75. The van der Waals surface area contributed by atoms with E-state index in [1.54, 1.807) is 23.1 Å². The third-order valence-corrected chi connectivity index (χ3v) is 5.64. The molecule has 1 aromatic carbocycles. The number of piperidine rings is 1. The maximum atomic E-state index is 13.1. The van der Waals surface area contributed by atoms with Crippen LogP contribution < -0.4 is 10.1 Å². The Morgan fingerprint density at radius 2 is 1.92 bits per heavy atom. The summed E-state index contributed by atoms with van der Waals surface area (Å²) in [5.74, 6) is 0.351. The number of likely N-dealkylation sites (tertiary alicyclic amines) is 2. The molecule has 1 unspecified atom stereocenters. The number of nitrogens with one attached hydrogen (secondary N) is 1. The zero-order valence-corrected chi connectivity index (χ0v) is 16.1. The highest BCUT2D eigenvalue weighted by molar-refractivity contribution is 6.31. The van der Waals surface area contributed by atoms with Crippen molar-refractivity contribution in [2.45, 2.75) is 37.8 Å². The molecule has 6 nitrogen and oxygen atoms in total. The second-order valence-electron chi connectivity index (χ2n) is 6.89. The molecule has 2 aliphatic rings. The molecule has 26 heavy (non-hydrogen) atoms. The Kier molecular flexibility index (Phi) is 6.04. The number of halogens is 1. The van der Waals surface area contributed by atoms with Crippen molar-refractivity contribution in [1.82, 2.24) is 15.1 Å². The number of nitrogens with zero attached hydrogens (tertiary/aromatic N) is 2. The Hall–Kier alpha value is -1.79. The van der Waals surface area contributed by atoms with Crippen molar-refractivity contribution in [3.8, 4) is 5.75 Å². The van der Waals surface area contributed by atoms with Gasteiger partial charge in [0.25, 0.3) is 5.91 Å². The molecule has 0 spiro atoms. The third-order valence-electron chi connectivity index (χ3n) is 5.41. The smallest absolute Gasteiger partial charge is 0.258 e. The van der Waals surface area contributed by atoms with E-state index in [1.165, 1.54) is 7.11 Å². The van der Waals surface area contributed by atoms with Crippen molar-refractivity contribution in [1.29, 1.82) is 0 Å². The van der Waals surface area contributed by atoms with Crippen molar-refractivity contribution in [3.05, 3.63) is 28.8 Å². The van der Waals surface area contributed by atoms with Gasteiger partial charge >= 0.3 is 0 Å². The average Bonchev–Trinajstić information content (AvgIpc) is 3.16. The number of carbonyl (C=O) groups excluding carboxylic acids is 2. The van der Waals surface area contributed by atoms with E-state index >= 15 is 0 Å². The summed E-state index contributed by atoms with van der Waals surface area (Å²) in [6, 6.07) is 5.07. The molecule has 2 fully saturated rings. The molecule has 2 aliphatic heterocycles. The van der Waals surface area contributed by atoms with E-state index < -0.39 is 6.04 Å². The number of benzene rings is 1. The number of hydrogen-bond donors (Lipinski definition) is 1. The standard InChI is InChI=1S/C19H26ClN3O3/c1-21-14-7-10-22(11-8-14)19(25)16-4-3-9-23(16)18(24)15-12-13(20)5-6-17(15)26-2/h5-6,12,14,16,21H,3-4,7-11H2,1-2H3. The molecule has 1 N–H and O–H groups in total. The summed E-state index contributed by atoms with van der Waals surface area (Å²) in [6.45, 7) is 2.06. The topological polar surface area (TPSA) is 61.9 Å². The lowest BCUT2D eigenvalue weighted by Gasteiger charge is -2.35. The SMILES string of the molecule is CNC1CCN(C(=O)C2CCCN2C(=O)c2cc(Cl)ccc2OC)CC1. The van der Waals surface area contributed by atoms with Crippen LogP contribution in [0, 0.1) is 0 Å². The van der Waals surface area contributed by atoms with Gasteiger partial charge in [0.15, 0.2) is 0 Å². The highest BCUT2D eigenvalue weighted by Crippen LogP contribution is 2.28. The van der Waals surface area contributed by atoms with Gasteiger partial charge in [0.1, 0.15) is 11.8 Å². The van der Waals surface area contributed by atoms with Crippen LogP contribution in [-0.2, 0) is 4.79 Å². The first-order valence-electron chi connectivity index (χ1n) is 9.15. The van der Waals surface area contributed by atoms with Gasteiger partial charge in [-0.2, -0.15) is 0 Å². The van der Waals surface area contributed by atoms with Crippen molar-refractivity contribution in [2.75, 3.05) is 33.8 Å². The van der Waals surface area contributed by atoms with E-state index in [0.29, 0.717) is 35.3 Å². The molecule has 142 valence electrons. The number of ether oxygens (including phenoxy) is 1. The quantitative estimate of drug-likeness (QED) is 0.870. The maximum Gasteiger partial charge on any atom is 0.258 e. The average molecular weight is 380 g/mol. The van der Waals surface area contributed by atoms with E-state index in [1.807, 2.05) is 11.9 Å². The Bertz CT molecular complexity index is 674. The van der Waals surface area contributed by atoms with Crippen LogP contribution in [0.15, 0.2) is 18.2 Å². The number of hydrogen-bond acceptors (Lipinski definition) is 4. The fourth-order valence-electron chi connectivity index (χ4n) is 3.87.